The minimum Gasteiger partial charge on any atom is -0.314 e. The van der Waals surface area contributed by atoms with Crippen LogP contribution in [0.2, 0.25) is 0 Å². The van der Waals surface area contributed by atoms with Gasteiger partial charge < -0.3 is 5.32 Å². The van der Waals surface area contributed by atoms with Gasteiger partial charge in [0.1, 0.15) is 5.82 Å². The van der Waals surface area contributed by atoms with Crippen LogP contribution in [0, 0.1) is 5.82 Å². The number of halogens is 2. The zero-order valence-electron chi connectivity index (χ0n) is 11.3. The van der Waals surface area contributed by atoms with Crippen molar-refractivity contribution >= 4 is 15.9 Å². The summed E-state index contributed by atoms with van der Waals surface area (Å²) in [7, 11) is 0. The Bertz CT molecular complexity index is 348. The van der Waals surface area contributed by atoms with E-state index < -0.39 is 0 Å². The summed E-state index contributed by atoms with van der Waals surface area (Å²) in [6.45, 7) is 5.41. The second-order valence-electron chi connectivity index (χ2n) is 4.68. The third-order valence-electron chi connectivity index (χ3n) is 3.13. The summed E-state index contributed by atoms with van der Waals surface area (Å²) in [5.74, 6) is -0.185. The van der Waals surface area contributed by atoms with Gasteiger partial charge in [0.15, 0.2) is 0 Å². The van der Waals surface area contributed by atoms with Gasteiger partial charge in [-0.2, -0.15) is 0 Å². The molecule has 0 aliphatic heterocycles. The SMILES string of the molecule is CCCC(CCCc1ccc(F)c(Br)c1)NCC. The highest BCUT2D eigenvalue weighted by molar-refractivity contribution is 9.10. The first-order valence-corrected chi connectivity index (χ1v) is 7.64. The van der Waals surface area contributed by atoms with Crippen LogP contribution in [0.4, 0.5) is 4.39 Å². The first kappa shape index (κ1) is 15.6. The van der Waals surface area contributed by atoms with E-state index in [-0.39, 0.29) is 5.82 Å². The summed E-state index contributed by atoms with van der Waals surface area (Å²) in [6.07, 6.45) is 5.82. The Balaban J connectivity index is 2.37. The predicted molar refractivity (Wildman–Crippen MR) is 79.4 cm³/mol. The van der Waals surface area contributed by atoms with Crippen LogP contribution < -0.4 is 5.32 Å². The average Bonchev–Trinajstić information content (AvgIpc) is 2.34. The third-order valence-corrected chi connectivity index (χ3v) is 3.74. The first-order chi connectivity index (χ1) is 8.67. The van der Waals surface area contributed by atoms with Crippen molar-refractivity contribution in [1.29, 1.82) is 0 Å². The summed E-state index contributed by atoms with van der Waals surface area (Å²) in [5, 5.41) is 3.52. The second kappa shape index (κ2) is 8.65. The fourth-order valence-electron chi connectivity index (χ4n) is 2.23. The summed E-state index contributed by atoms with van der Waals surface area (Å²) in [5.41, 5.74) is 1.20. The fraction of sp³-hybridized carbons (Fsp3) is 0.600. The van der Waals surface area contributed by atoms with E-state index in [1.54, 1.807) is 0 Å². The lowest BCUT2D eigenvalue weighted by atomic mass is 10.0. The van der Waals surface area contributed by atoms with Crippen LogP contribution in [-0.4, -0.2) is 12.6 Å². The van der Waals surface area contributed by atoms with Crippen molar-refractivity contribution < 1.29 is 4.39 Å². The van der Waals surface area contributed by atoms with E-state index in [4.69, 9.17) is 0 Å². The van der Waals surface area contributed by atoms with Crippen molar-refractivity contribution in [2.45, 2.75) is 52.0 Å². The Labute approximate surface area is 118 Å². The van der Waals surface area contributed by atoms with Crippen LogP contribution in [0.15, 0.2) is 22.7 Å². The molecule has 0 saturated carbocycles. The summed E-state index contributed by atoms with van der Waals surface area (Å²) in [4.78, 5) is 0. The lowest BCUT2D eigenvalue weighted by Gasteiger charge is -2.16. The molecule has 1 N–H and O–H groups in total. The highest BCUT2D eigenvalue weighted by atomic mass is 79.9. The standard InChI is InChI=1S/C15H23BrFN/c1-3-6-13(18-4-2)8-5-7-12-9-10-15(17)14(16)11-12/h9-11,13,18H,3-8H2,1-2H3. The number of hydrogen-bond acceptors (Lipinski definition) is 1. The normalized spacial score (nSPS) is 12.7. The van der Waals surface area contributed by atoms with Gasteiger partial charge in [-0.15, -0.1) is 0 Å². The van der Waals surface area contributed by atoms with Gasteiger partial charge in [0, 0.05) is 6.04 Å². The molecule has 0 saturated heterocycles. The topological polar surface area (TPSA) is 12.0 Å². The first-order valence-electron chi connectivity index (χ1n) is 6.84. The van der Waals surface area contributed by atoms with E-state index >= 15 is 0 Å². The van der Waals surface area contributed by atoms with Crippen molar-refractivity contribution in [2.75, 3.05) is 6.54 Å². The van der Waals surface area contributed by atoms with Gasteiger partial charge >= 0.3 is 0 Å². The molecule has 0 aromatic heterocycles. The lowest BCUT2D eigenvalue weighted by Crippen LogP contribution is -2.28. The zero-order chi connectivity index (χ0) is 13.4. The van der Waals surface area contributed by atoms with Crippen molar-refractivity contribution in [3.63, 3.8) is 0 Å². The molecule has 0 spiro atoms. The molecule has 0 amide bonds. The van der Waals surface area contributed by atoms with Gasteiger partial charge in [0.25, 0.3) is 0 Å². The molecule has 1 atom stereocenters. The Kier molecular flexibility index (Phi) is 7.52. The zero-order valence-corrected chi connectivity index (χ0v) is 12.9. The Morgan fingerprint density at radius 3 is 2.67 bits per heavy atom. The molecule has 0 bridgehead atoms. The van der Waals surface area contributed by atoms with Crippen LogP contribution in [0.25, 0.3) is 0 Å². The van der Waals surface area contributed by atoms with Gasteiger partial charge in [-0.1, -0.05) is 26.3 Å². The van der Waals surface area contributed by atoms with E-state index in [9.17, 15) is 4.39 Å². The monoisotopic (exact) mass is 315 g/mol. The molecule has 3 heteroatoms. The quantitative estimate of drug-likeness (QED) is 0.734. The average molecular weight is 316 g/mol. The lowest BCUT2D eigenvalue weighted by molar-refractivity contribution is 0.447. The number of benzene rings is 1. The Morgan fingerprint density at radius 2 is 2.06 bits per heavy atom. The van der Waals surface area contributed by atoms with E-state index in [0.29, 0.717) is 10.5 Å². The van der Waals surface area contributed by atoms with Gasteiger partial charge in [-0.25, -0.2) is 4.39 Å². The maximum absolute atomic E-state index is 13.1. The molecular formula is C15H23BrFN. The van der Waals surface area contributed by atoms with Crippen LogP contribution in [-0.2, 0) is 6.42 Å². The van der Waals surface area contributed by atoms with Crippen molar-refractivity contribution in [3.05, 3.63) is 34.1 Å². The Hall–Kier alpha value is -0.410. The fourth-order valence-corrected chi connectivity index (χ4v) is 2.66. The second-order valence-corrected chi connectivity index (χ2v) is 5.54. The summed E-state index contributed by atoms with van der Waals surface area (Å²) in [6, 6.07) is 5.93. The molecule has 0 fully saturated rings. The molecule has 1 aromatic carbocycles. The summed E-state index contributed by atoms with van der Waals surface area (Å²) >= 11 is 3.23. The third kappa shape index (κ3) is 5.49. The van der Waals surface area contributed by atoms with Gasteiger partial charge in [0.05, 0.1) is 4.47 Å². The molecule has 102 valence electrons. The van der Waals surface area contributed by atoms with Crippen molar-refractivity contribution in [2.24, 2.45) is 0 Å². The van der Waals surface area contributed by atoms with Crippen molar-refractivity contribution in [1.82, 2.24) is 5.32 Å². The van der Waals surface area contributed by atoms with Crippen molar-refractivity contribution in [3.8, 4) is 0 Å². The van der Waals surface area contributed by atoms with Gasteiger partial charge in [0.2, 0.25) is 0 Å². The minimum absolute atomic E-state index is 0.185. The molecule has 0 radical (unpaired) electrons. The van der Waals surface area contributed by atoms with Crippen LogP contribution in [0.5, 0.6) is 0 Å². The minimum atomic E-state index is -0.185. The number of rotatable bonds is 8. The molecule has 0 aliphatic carbocycles. The predicted octanol–water partition coefficient (Wildman–Crippen LogP) is 4.69. The smallest absolute Gasteiger partial charge is 0.137 e. The molecule has 0 heterocycles. The van der Waals surface area contributed by atoms with Crippen LogP contribution >= 0.6 is 15.9 Å². The molecular weight excluding hydrogens is 293 g/mol. The molecule has 1 nitrogen and oxygen atoms in total. The maximum Gasteiger partial charge on any atom is 0.137 e. The maximum atomic E-state index is 13.1. The number of nitrogens with one attached hydrogen (secondary N) is 1. The summed E-state index contributed by atoms with van der Waals surface area (Å²) < 4.78 is 13.7. The van der Waals surface area contributed by atoms with Gasteiger partial charge in [-0.3, -0.25) is 0 Å². The number of hydrogen-bond donors (Lipinski definition) is 1. The van der Waals surface area contributed by atoms with Gasteiger partial charge in [-0.05, 0) is 65.9 Å². The Morgan fingerprint density at radius 1 is 1.28 bits per heavy atom. The highest BCUT2D eigenvalue weighted by Gasteiger charge is 2.06. The van der Waals surface area contributed by atoms with E-state index in [0.717, 1.165) is 19.4 Å². The largest absolute Gasteiger partial charge is 0.314 e. The van der Waals surface area contributed by atoms with Crippen LogP contribution in [0.1, 0.15) is 45.1 Å². The molecule has 1 unspecified atom stereocenters. The van der Waals surface area contributed by atoms with E-state index in [2.05, 4.69) is 35.1 Å². The molecule has 1 rings (SSSR count). The van der Waals surface area contributed by atoms with E-state index in [1.807, 2.05) is 12.1 Å². The van der Waals surface area contributed by atoms with Crippen LogP contribution in [0.3, 0.4) is 0 Å². The molecule has 0 aliphatic rings. The molecule has 18 heavy (non-hydrogen) atoms. The molecule has 1 aromatic rings. The highest BCUT2D eigenvalue weighted by Crippen LogP contribution is 2.18. The van der Waals surface area contributed by atoms with E-state index in [1.165, 1.54) is 30.9 Å². The number of aryl methyl sites for hydroxylation is 1.